The molecule has 2 aromatic carbocycles. The fourth-order valence-electron chi connectivity index (χ4n) is 4.12. The van der Waals surface area contributed by atoms with E-state index in [1.54, 1.807) is 37.4 Å². The molecule has 1 atom stereocenters. The number of phenolic OH excluding ortho intramolecular Hbond substituents is 1. The number of rotatable bonds is 8. The Morgan fingerprint density at radius 1 is 1.12 bits per heavy atom. The molecule has 3 rings (SSSR count). The number of ether oxygens (including phenoxy) is 1. The number of Topliss-reactive ketones (excluding diaryl/α,β-unsaturated/α-hetero) is 1. The lowest BCUT2D eigenvalue weighted by Gasteiger charge is -2.28. The maximum absolute atomic E-state index is 13.1. The first-order chi connectivity index (χ1) is 15.3. The van der Waals surface area contributed by atoms with E-state index >= 15 is 0 Å². The summed E-state index contributed by atoms with van der Waals surface area (Å²) < 4.78 is 5.28. The summed E-state index contributed by atoms with van der Waals surface area (Å²) in [6, 6.07) is 10.7. The van der Waals surface area contributed by atoms with Gasteiger partial charge in [-0.15, -0.1) is 0 Å². The minimum absolute atomic E-state index is 0.0183. The summed E-state index contributed by atoms with van der Waals surface area (Å²) in [6.07, 6.45) is 0. The minimum atomic E-state index is -0.792. The average molecular weight is 439 g/mol. The van der Waals surface area contributed by atoms with Gasteiger partial charge in [-0.1, -0.05) is 26.0 Å². The first kappa shape index (κ1) is 23.3. The van der Waals surface area contributed by atoms with Crippen LogP contribution in [-0.4, -0.2) is 65.0 Å². The third-order valence-corrected chi connectivity index (χ3v) is 5.95. The quantitative estimate of drug-likeness (QED) is 0.373. The molecule has 0 aliphatic carbocycles. The molecule has 0 radical (unpaired) electrons. The van der Waals surface area contributed by atoms with Gasteiger partial charge in [0.05, 0.1) is 18.7 Å². The van der Waals surface area contributed by atoms with Crippen LogP contribution in [0.15, 0.2) is 48.0 Å². The molecule has 0 saturated carbocycles. The van der Waals surface area contributed by atoms with Crippen molar-refractivity contribution in [2.45, 2.75) is 26.8 Å². The third-order valence-electron chi connectivity index (χ3n) is 5.95. The van der Waals surface area contributed by atoms with E-state index in [1.165, 1.54) is 17.0 Å². The first-order valence-corrected chi connectivity index (χ1v) is 10.8. The highest BCUT2D eigenvalue weighted by Crippen LogP contribution is 2.40. The van der Waals surface area contributed by atoms with Gasteiger partial charge < -0.3 is 24.7 Å². The molecule has 1 unspecified atom stereocenters. The van der Waals surface area contributed by atoms with Crippen molar-refractivity contribution in [3.8, 4) is 11.5 Å². The van der Waals surface area contributed by atoms with Gasteiger partial charge in [-0.3, -0.25) is 9.59 Å². The van der Waals surface area contributed by atoms with E-state index in [9.17, 15) is 19.8 Å². The second-order valence-electron chi connectivity index (χ2n) is 7.80. The fourth-order valence-corrected chi connectivity index (χ4v) is 4.12. The molecule has 1 heterocycles. The van der Waals surface area contributed by atoms with Crippen LogP contribution in [0, 0.1) is 6.92 Å². The van der Waals surface area contributed by atoms with Gasteiger partial charge in [0.1, 0.15) is 17.3 Å². The van der Waals surface area contributed by atoms with Crippen LogP contribution < -0.4 is 4.74 Å². The first-order valence-electron chi connectivity index (χ1n) is 10.8. The van der Waals surface area contributed by atoms with Crippen LogP contribution in [0.3, 0.4) is 0 Å². The van der Waals surface area contributed by atoms with E-state index in [-0.39, 0.29) is 17.1 Å². The van der Waals surface area contributed by atoms with Gasteiger partial charge in [-0.2, -0.15) is 0 Å². The van der Waals surface area contributed by atoms with E-state index < -0.39 is 17.7 Å². The van der Waals surface area contributed by atoms with Gasteiger partial charge in [0.2, 0.25) is 0 Å². The number of likely N-dealkylation sites (tertiary alicyclic amines) is 1. The molecule has 2 N–H and O–H groups in total. The highest BCUT2D eigenvalue weighted by atomic mass is 16.5. The number of benzene rings is 2. The number of aryl methyl sites for hydroxylation is 1. The Hall–Kier alpha value is -3.32. The summed E-state index contributed by atoms with van der Waals surface area (Å²) >= 11 is 0. The number of likely N-dealkylation sites (N-methyl/N-ethyl adjacent to an activating group) is 1. The zero-order valence-electron chi connectivity index (χ0n) is 19.0. The molecule has 7 heteroatoms. The number of hydrogen-bond acceptors (Lipinski definition) is 6. The molecule has 0 spiro atoms. The highest BCUT2D eigenvalue weighted by Gasteiger charge is 2.46. The summed E-state index contributed by atoms with van der Waals surface area (Å²) in [5.74, 6) is -0.947. The molecular formula is C25H30N2O5. The number of methoxy groups -OCH3 is 1. The predicted octanol–water partition coefficient (Wildman–Crippen LogP) is 3.47. The number of amides is 1. The normalized spacial score (nSPS) is 17.9. The van der Waals surface area contributed by atoms with Crippen LogP contribution in [0.2, 0.25) is 0 Å². The zero-order chi connectivity index (χ0) is 23.4. The lowest BCUT2D eigenvalue weighted by Crippen LogP contribution is -2.38. The fraction of sp³-hybridized carbons (Fsp3) is 0.360. The number of phenols is 1. The maximum Gasteiger partial charge on any atom is 0.295 e. The Morgan fingerprint density at radius 2 is 1.84 bits per heavy atom. The highest BCUT2D eigenvalue weighted by molar-refractivity contribution is 6.46. The molecule has 170 valence electrons. The third kappa shape index (κ3) is 4.48. The van der Waals surface area contributed by atoms with Crippen LogP contribution in [0.5, 0.6) is 11.5 Å². The van der Waals surface area contributed by atoms with Crippen molar-refractivity contribution >= 4 is 17.4 Å². The topological polar surface area (TPSA) is 90.3 Å². The molecule has 2 aromatic rings. The molecule has 0 aromatic heterocycles. The smallest absolute Gasteiger partial charge is 0.295 e. The SMILES string of the molecule is CCN(CC)CCN1C(=O)C(=O)/C(=C(\O)c2ccc(OC)c(C)c2)C1c1cccc(O)c1. The number of hydrogen-bond donors (Lipinski definition) is 2. The minimum Gasteiger partial charge on any atom is -0.508 e. The number of aliphatic hydroxyl groups is 1. The van der Waals surface area contributed by atoms with Crippen LogP contribution in [0.1, 0.15) is 36.6 Å². The van der Waals surface area contributed by atoms with Crippen molar-refractivity contribution in [1.29, 1.82) is 0 Å². The van der Waals surface area contributed by atoms with E-state index in [4.69, 9.17) is 4.74 Å². The molecule has 1 saturated heterocycles. The van der Waals surface area contributed by atoms with Gasteiger partial charge in [0.25, 0.3) is 11.7 Å². The van der Waals surface area contributed by atoms with Crippen LogP contribution >= 0.6 is 0 Å². The Bertz CT molecular complexity index is 1040. The maximum atomic E-state index is 13.1. The van der Waals surface area contributed by atoms with Gasteiger partial charge in [-0.05, 0) is 61.5 Å². The van der Waals surface area contributed by atoms with Gasteiger partial charge in [0, 0.05) is 18.7 Å². The van der Waals surface area contributed by atoms with Crippen LogP contribution in [0.25, 0.3) is 5.76 Å². The molecule has 1 amide bonds. The Morgan fingerprint density at radius 3 is 2.44 bits per heavy atom. The summed E-state index contributed by atoms with van der Waals surface area (Å²) in [6.45, 7) is 8.48. The molecule has 32 heavy (non-hydrogen) atoms. The lowest BCUT2D eigenvalue weighted by atomic mass is 9.94. The summed E-state index contributed by atoms with van der Waals surface area (Å²) in [5, 5.41) is 21.2. The number of nitrogens with zero attached hydrogens (tertiary/aromatic N) is 2. The number of aromatic hydroxyl groups is 1. The van der Waals surface area contributed by atoms with Crippen LogP contribution in [-0.2, 0) is 9.59 Å². The Labute approximate surface area is 188 Å². The molecule has 1 aliphatic rings. The van der Waals surface area contributed by atoms with Crippen molar-refractivity contribution in [3.05, 3.63) is 64.7 Å². The summed E-state index contributed by atoms with van der Waals surface area (Å²) in [5.41, 5.74) is 1.80. The second kappa shape index (κ2) is 9.87. The number of ketones is 1. The zero-order valence-corrected chi connectivity index (χ0v) is 19.0. The predicted molar refractivity (Wildman–Crippen MR) is 123 cm³/mol. The molecule has 0 bridgehead atoms. The summed E-state index contributed by atoms with van der Waals surface area (Å²) in [7, 11) is 1.56. The monoisotopic (exact) mass is 438 g/mol. The average Bonchev–Trinajstić information content (AvgIpc) is 3.04. The van der Waals surface area contributed by atoms with Crippen molar-refractivity contribution in [1.82, 2.24) is 9.80 Å². The van der Waals surface area contributed by atoms with E-state index in [0.717, 1.165) is 18.7 Å². The van der Waals surface area contributed by atoms with E-state index in [2.05, 4.69) is 4.90 Å². The number of carbonyl (C=O) groups excluding carboxylic acids is 2. The van der Waals surface area contributed by atoms with E-state index in [1.807, 2.05) is 20.8 Å². The van der Waals surface area contributed by atoms with Crippen molar-refractivity contribution in [3.63, 3.8) is 0 Å². The molecule has 1 fully saturated rings. The number of carbonyl (C=O) groups is 2. The number of aliphatic hydroxyl groups excluding tert-OH is 1. The molecular weight excluding hydrogens is 408 g/mol. The standard InChI is InChI=1S/C25H30N2O5/c1-5-26(6-2)12-13-27-22(17-8-7-9-19(28)15-17)21(24(30)25(27)31)23(29)18-10-11-20(32-4)16(3)14-18/h7-11,14-15,22,28-29H,5-6,12-13H2,1-4H3/b23-21-. The van der Waals surface area contributed by atoms with Gasteiger partial charge in [0.15, 0.2) is 0 Å². The summed E-state index contributed by atoms with van der Waals surface area (Å²) in [4.78, 5) is 29.7. The second-order valence-corrected chi connectivity index (χ2v) is 7.80. The molecule has 7 nitrogen and oxygen atoms in total. The van der Waals surface area contributed by atoms with Crippen LogP contribution in [0.4, 0.5) is 0 Å². The van der Waals surface area contributed by atoms with E-state index in [0.29, 0.717) is 30.0 Å². The largest absolute Gasteiger partial charge is 0.508 e. The van der Waals surface area contributed by atoms with Gasteiger partial charge >= 0.3 is 0 Å². The Balaban J connectivity index is 2.12. The van der Waals surface area contributed by atoms with Crippen molar-refractivity contribution < 1.29 is 24.5 Å². The molecule has 1 aliphatic heterocycles. The van der Waals surface area contributed by atoms with Crippen molar-refractivity contribution in [2.24, 2.45) is 0 Å². The van der Waals surface area contributed by atoms with Gasteiger partial charge in [-0.25, -0.2) is 0 Å². The van der Waals surface area contributed by atoms with Crippen molar-refractivity contribution in [2.75, 3.05) is 33.3 Å². The Kier molecular flexibility index (Phi) is 7.20. The lowest BCUT2D eigenvalue weighted by molar-refractivity contribution is -0.140.